The summed E-state index contributed by atoms with van der Waals surface area (Å²) in [6.45, 7) is 2.44. The fourth-order valence-corrected chi connectivity index (χ4v) is 4.26. The molecular formula is C31H53N7O6. The molecule has 0 aliphatic rings. The minimum absolute atomic E-state index is 0.0302. The van der Waals surface area contributed by atoms with Gasteiger partial charge in [-0.2, -0.15) is 0 Å². The second-order valence-corrected chi connectivity index (χ2v) is 10.6. The van der Waals surface area contributed by atoms with Crippen LogP contribution in [0.3, 0.4) is 0 Å². The summed E-state index contributed by atoms with van der Waals surface area (Å²) in [5.41, 5.74) is 17.3. The smallest absolute Gasteiger partial charge is 0.328 e. The number of nitrogens with two attached hydrogens (primary N) is 3. The van der Waals surface area contributed by atoms with E-state index in [1.165, 1.54) is 4.90 Å². The van der Waals surface area contributed by atoms with E-state index in [-0.39, 0.29) is 75.7 Å². The van der Waals surface area contributed by atoms with E-state index in [0.29, 0.717) is 58.2 Å². The number of hydrogen-bond acceptors (Lipinski definition) is 9. The number of amides is 4. The van der Waals surface area contributed by atoms with Gasteiger partial charge >= 0.3 is 5.97 Å². The minimum atomic E-state index is -1.01. The van der Waals surface area contributed by atoms with E-state index in [0.717, 1.165) is 18.4 Å². The maximum Gasteiger partial charge on any atom is 0.328 e. The molecule has 0 aliphatic carbocycles. The highest BCUT2D eigenvalue weighted by Crippen LogP contribution is 2.08. The third-order valence-corrected chi connectivity index (χ3v) is 6.82. The van der Waals surface area contributed by atoms with Crippen LogP contribution in [0.25, 0.3) is 0 Å². The molecule has 1 atom stereocenters. The van der Waals surface area contributed by atoms with Crippen molar-refractivity contribution in [1.29, 1.82) is 0 Å². The average molecular weight is 620 g/mol. The van der Waals surface area contributed by atoms with Gasteiger partial charge in [0.25, 0.3) is 0 Å². The van der Waals surface area contributed by atoms with Crippen molar-refractivity contribution in [2.24, 2.45) is 17.2 Å². The van der Waals surface area contributed by atoms with Crippen molar-refractivity contribution >= 4 is 29.6 Å². The van der Waals surface area contributed by atoms with Gasteiger partial charge in [0.1, 0.15) is 12.6 Å². The molecule has 9 N–H and O–H groups in total. The topological polar surface area (TPSA) is 212 Å². The summed E-state index contributed by atoms with van der Waals surface area (Å²) in [5, 5.41) is 8.34. The molecule has 13 nitrogen and oxygen atoms in total. The van der Waals surface area contributed by atoms with E-state index < -0.39 is 12.0 Å². The monoisotopic (exact) mass is 619 g/mol. The van der Waals surface area contributed by atoms with Gasteiger partial charge in [0.15, 0.2) is 0 Å². The number of benzene rings is 1. The first-order valence-electron chi connectivity index (χ1n) is 15.7. The molecule has 1 aromatic rings. The molecule has 4 amide bonds. The van der Waals surface area contributed by atoms with Crippen molar-refractivity contribution in [2.75, 3.05) is 45.8 Å². The Morgan fingerprint density at radius 3 is 1.68 bits per heavy atom. The van der Waals surface area contributed by atoms with Crippen LogP contribution in [-0.2, 0) is 35.3 Å². The molecule has 44 heavy (non-hydrogen) atoms. The van der Waals surface area contributed by atoms with Crippen LogP contribution in [0.1, 0.15) is 76.2 Å². The third kappa shape index (κ3) is 18.9. The molecule has 0 saturated heterocycles. The average Bonchev–Trinajstić information content (AvgIpc) is 3.01. The van der Waals surface area contributed by atoms with Gasteiger partial charge in [-0.05, 0) is 70.1 Å². The van der Waals surface area contributed by atoms with E-state index in [1.807, 2.05) is 30.3 Å². The highest BCUT2D eigenvalue weighted by atomic mass is 16.5. The van der Waals surface area contributed by atoms with Crippen LogP contribution < -0.4 is 33.2 Å². The van der Waals surface area contributed by atoms with Crippen LogP contribution in [-0.4, -0.2) is 86.4 Å². The second kappa shape index (κ2) is 24.8. The third-order valence-electron chi connectivity index (χ3n) is 6.82. The fourth-order valence-electron chi connectivity index (χ4n) is 4.26. The Bertz CT molecular complexity index is 952. The van der Waals surface area contributed by atoms with Gasteiger partial charge in [-0.25, -0.2) is 4.79 Å². The van der Waals surface area contributed by atoms with Crippen LogP contribution in [0.2, 0.25) is 0 Å². The summed E-state index contributed by atoms with van der Waals surface area (Å²) in [5.74, 6) is -1.48. The van der Waals surface area contributed by atoms with Crippen molar-refractivity contribution in [3.63, 3.8) is 0 Å². The summed E-state index contributed by atoms with van der Waals surface area (Å²) in [4.78, 5) is 64.6. The largest absolute Gasteiger partial charge is 0.459 e. The number of carbonyl (C=O) groups is 5. The lowest BCUT2D eigenvalue weighted by Gasteiger charge is -2.24. The lowest BCUT2D eigenvalue weighted by Crippen LogP contribution is -2.45. The first-order valence-corrected chi connectivity index (χ1v) is 15.7. The van der Waals surface area contributed by atoms with Gasteiger partial charge in [0.05, 0.1) is 0 Å². The summed E-state index contributed by atoms with van der Waals surface area (Å²) in [6, 6.07) is 8.15. The molecule has 0 aliphatic heterocycles. The summed E-state index contributed by atoms with van der Waals surface area (Å²) < 4.78 is 5.46. The molecule has 1 rings (SSSR count). The number of hydrogen-bond donors (Lipinski definition) is 6. The first-order chi connectivity index (χ1) is 21.3. The Kier molecular flexibility index (Phi) is 21.7. The van der Waals surface area contributed by atoms with E-state index in [2.05, 4.69) is 16.0 Å². The van der Waals surface area contributed by atoms with Gasteiger partial charge in [-0.3, -0.25) is 19.2 Å². The van der Waals surface area contributed by atoms with Crippen molar-refractivity contribution in [3.8, 4) is 0 Å². The maximum atomic E-state index is 13.3. The molecule has 0 radical (unpaired) electrons. The predicted molar refractivity (Wildman–Crippen MR) is 169 cm³/mol. The Morgan fingerprint density at radius 2 is 1.18 bits per heavy atom. The van der Waals surface area contributed by atoms with Crippen LogP contribution in [0.4, 0.5) is 0 Å². The number of nitrogens with zero attached hydrogens (tertiary/aromatic N) is 1. The maximum absolute atomic E-state index is 13.3. The number of esters is 1. The zero-order valence-corrected chi connectivity index (χ0v) is 26.0. The van der Waals surface area contributed by atoms with Crippen molar-refractivity contribution in [3.05, 3.63) is 35.9 Å². The summed E-state index contributed by atoms with van der Waals surface area (Å²) >= 11 is 0. The molecular weight excluding hydrogens is 566 g/mol. The van der Waals surface area contributed by atoms with Crippen molar-refractivity contribution < 1.29 is 28.7 Å². The number of nitrogens with one attached hydrogen (secondary N) is 3. The molecule has 1 aromatic carbocycles. The molecule has 0 bridgehead atoms. The summed E-state index contributed by atoms with van der Waals surface area (Å²) in [6.07, 6.45) is 5.00. The summed E-state index contributed by atoms with van der Waals surface area (Å²) in [7, 11) is 0. The highest BCUT2D eigenvalue weighted by molar-refractivity contribution is 5.85. The van der Waals surface area contributed by atoms with Crippen molar-refractivity contribution in [2.45, 2.75) is 83.3 Å². The molecule has 0 saturated carbocycles. The predicted octanol–water partition coefficient (Wildman–Crippen LogP) is 0.443. The first kappa shape index (κ1) is 38.5. The lowest BCUT2D eigenvalue weighted by molar-refractivity contribution is -0.149. The van der Waals surface area contributed by atoms with E-state index in [9.17, 15) is 24.0 Å². The SMILES string of the molecule is NCCCCC(=O)NCCN(CCNC(=O)CCCCN)C(=O)CC[C@H](NC(=O)CCCCN)C(=O)OCc1ccccc1. The van der Waals surface area contributed by atoms with Crippen LogP contribution in [0.5, 0.6) is 0 Å². The number of unbranched alkanes of at least 4 members (excludes halogenated alkanes) is 3. The van der Waals surface area contributed by atoms with Gasteiger partial charge in [0, 0.05) is 51.9 Å². The van der Waals surface area contributed by atoms with E-state index >= 15 is 0 Å². The lowest BCUT2D eigenvalue weighted by atomic mass is 10.1. The molecule has 13 heteroatoms. The second-order valence-electron chi connectivity index (χ2n) is 10.6. The Balaban J connectivity index is 2.81. The number of rotatable bonds is 25. The Labute approximate surface area is 261 Å². The van der Waals surface area contributed by atoms with Crippen LogP contribution >= 0.6 is 0 Å². The zero-order valence-electron chi connectivity index (χ0n) is 26.0. The van der Waals surface area contributed by atoms with Crippen molar-refractivity contribution in [1.82, 2.24) is 20.9 Å². The van der Waals surface area contributed by atoms with Gasteiger partial charge < -0.3 is 42.8 Å². The molecule has 0 aromatic heterocycles. The molecule has 0 unspecified atom stereocenters. The standard InChI is InChI=1S/C31H53N7O6/c32-17-7-4-12-27(39)35-20-22-38(23-21-36-28(40)13-5-8-18-33)30(42)16-15-26(37-29(41)14-6-9-19-34)31(43)44-24-25-10-2-1-3-11-25/h1-3,10-11,26H,4-9,12-24,32-34H2,(H,35,39)(H,36,40)(H,37,41)/t26-/m0/s1. The van der Waals surface area contributed by atoms with Crippen LogP contribution in [0, 0.1) is 0 Å². The number of carbonyl (C=O) groups excluding carboxylic acids is 5. The molecule has 0 heterocycles. The highest BCUT2D eigenvalue weighted by Gasteiger charge is 2.25. The normalized spacial score (nSPS) is 11.3. The number of ether oxygens (including phenoxy) is 1. The van der Waals surface area contributed by atoms with Crippen LogP contribution in [0.15, 0.2) is 30.3 Å². The minimum Gasteiger partial charge on any atom is -0.459 e. The molecule has 248 valence electrons. The fraction of sp³-hybridized carbons (Fsp3) is 0.645. The van der Waals surface area contributed by atoms with Gasteiger partial charge in [0.2, 0.25) is 23.6 Å². The Morgan fingerprint density at radius 1 is 0.682 bits per heavy atom. The Hall–Kier alpha value is -3.55. The quantitative estimate of drug-likeness (QED) is 0.0661. The van der Waals surface area contributed by atoms with Gasteiger partial charge in [-0.1, -0.05) is 30.3 Å². The van der Waals surface area contributed by atoms with E-state index in [1.54, 1.807) is 0 Å². The molecule has 0 fully saturated rings. The zero-order chi connectivity index (χ0) is 32.4. The van der Waals surface area contributed by atoms with Gasteiger partial charge in [-0.15, -0.1) is 0 Å². The van der Waals surface area contributed by atoms with E-state index in [4.69, 9.17) is 21.9 Å². The molecule has 0 spiro atoms.